The van der Waals surface area contributed by atoms with Gasteiger partial charge in [0.15, 0.2) is 5.16 Å². The maximum absolute atomic E-state index is 12.1. The molecule has 0 atom stereocenters. The van der Waals surface area contributed by atoms with Crippen LogP contribution in [0.1, 0.15) is 49.9 Å². The summed E-state index contributed by atoms with van der Waals surface area (Å²) >= 11 is 1.46. The lowest BCUT2D eigenvalue weighted by Gasteiger charge is -2.11. The summed E-state index contributed by atoms with van der Waals surface area (Å²) in [5, 5.41) is 12.5. The SMILES string of the molecule is CCn1c(SCC(=O)Nc2ccc(C)cc2)nnc1C1CCCC1. The van der Waals surface area contributed by atoms with Crippen LogP contribution in [-0.2, 0) is 11.3 Å². The monoisotopic (exact) mass is 344 g/mol. The van der Waals surface area contributed by atoms with Crippen molar-refractivity contribution >= 4 is 23.4 Å². The molecule has 0 radical (unpaired) electrons. The van der Waals surface area contributed by atoms with Crippen molar-refractivity contribution in [3.8, 4) is 0 Å². The number of hydrogen-bond acceptors (Lipinski definition) is 4. The highest BCUT2D eigenvalue weighted by Crippen LogP contribution is 2.34. The Kier molecular flexibility index (Phi) is 5.56. The molecule has 3 rings (SSSR count). The van der Waals surface area contributed by atoms with Gasteiger partial charge in [0, 0.05) is 18.2 Å². The summed E-state index contributed by atoms with van der Waals surface area (Å²) in [5.74, 6) is 1.96. The summed E-state index contributed by atoms with van der Waals surface area (Å²) in [5.41, 5.74) is 2.01. The van der Waals surface area contributed by atoms with Crippen LogP contribution in [-0.4, -0.2) is 26.4 Å². The molecule has 0 bridgehead atoms. The lowest BCUT2D eigenvalue weighted by molar-refractivity contribution is -0.113. The Morgan fingerprint density at radius 3 is 2.62 bits per heavy atom. The van der Waals surface area contributed by atoms with Crippen LogP contribution in [0.3, 0.4) is 0 Å². The fraction of sp³-hybridized carbons (Fsp3) is 0.500. The predicted octanol–water partition coefficient (Wildman–Crippen LogP) is 3.99. The quantitative estimate of drug-likeness (QED) is 0.805. The summed E-state index contributed by atoms with van der Waals surface area (Å²) in [4.78, 5) is 12.1. The number of hydrogen-bond donors (Lipinski definition) is 1. The standard InChI is InChI=1S/C18H24N4OS/c1-3-22-17(14-6-4-5-7-14)20-21-18(22)24-12-16(23)19-15-10-8-13(2)9-11-15/h8-11,14H,3-7,12H2,1-2H3,(H,19,23). The molecule has 24 heavy (non-hydrogen) atoms. The summed E-state index contributed by atoms with van der Waals surface area (Å²) in [6, 6.07) is 7.82. The second-order valence-electron chi connectivity index (χ2n) is 6.27. The smallest absolute Gasteiger partial charge is 0.234 e. The summed E-state index contributed by atoms with van der Waals surface area (Å²) < 4.78 is 2.17. The molecule has 1 amide bonds. The van der Waals surface area contributed by atoms with Crippen molar-refractivity contribution in [1.82, 2.24) is 14.8 Å². The van der Waals surface area contributed by atoms with Gasteiger partial charge in [0.2, 0.25) is 5.91 Å². The van der Waals surface area contributed by atoms with Gasteiger partial charge in [-0.05, 0) is 38.8 Å². The van der Waals surface area contributed by atoms with E-state index in [2.05, 4.69) is 27.0 Å². The molecule has 1 aliphatic rings. The molecule has 1 aromatic carbocycles. The highest BCUT2D eigenvalue weighted by molar-refractivity contribution is 7.99. The fourth-order valence-electron chi connectivity index (χ4n) is 3.15. The van der Waals surface area contributed by atoms with Crippen molar-refractivity contribution in [3.05, 3.63) is 35.7 Å². The van der Waals surface area contributed by atoms with Crippen LogP contribution in [0.5, 0.6) is 0 Å². The molecule has 0 unspecified atom stereocenters. The van der Waals surface area contributed by atoms with Gasteiger partial charge in [-0.3, -0.25) is 4.79 Å². The average Bonchev–Trinajstić information content (AvgIpc) is 3.23. The Balaban J connectivity index is 1.59. The third-order valence-corrected chi connectivity index (χ3v) is 5.42. The molecule has 0 spiro atoms. The first-order valence-corrected chi connectivity index (χ1v) is 9.58. The Morgan fingerprint density at radius 1 is 1.25 bits per heavy atom. The van der Waals surface area contributed by atoms with Crippen molar-refractivity contribution in [3.63, 3.8) is 0 Å². The molecule has 2 aromatic rings. The van der Waals surface area contributed by atoms with E-state index in [1.54, 1.807) is 0 Å². The first-order chi connectivity index (χ1) is 11.7. The Morgan fingerprint density at radius 2 is 1.96 bits per heavy atom. The van der Waals surface area contributed by atoms with E-state index in [0.717, 1.165) is 23.2 Å². The molecule has 1 heterocycles. The van der Waals surface area contributed by atoms with Gasteiger partial charge in [-0.15, -0.1) is 10.2 Å². The van der Waals surface area contributed by atoms with Crippen molar-refractivity contribution < 1.29 is 4.79 Å². The zero-order valence-electron chi connectivity index (χ0n) is 14.3. The third kappa shape index (κ3) is 3.98. The Labute approximate surface area is 147 Å². The van der Waals surface area contributed by atoms with Gasteiger partial charge >= 0.3 is 0 Å². The zero-order valence-corrected chi connectivity index (χ0v) is 15.1. The van der Waals surface area contributed by atoms with Crippen molar-refractivity contribution in [2.45, 2.75) is 57.1 Å². The first-order valence-electron chi connectivity index (χ1n) is 8.59. The van der Waals surface area contributed by atoms with E-state index in [-0.39, 0.29) is 5.91 Å². The van der Waals surface area contributed by atoms with E-state index >= 15 is 0 Å². The highest BCUT2D eigenvalue weighted by atomic mass is 32.2. The number of nitrogens with one attached hydrogen (secondary N) is 1. The second-order valence-corrected chi connectivity index (χ2v) is 7.21. The first kappa shape index (κ1) is 17.0. The number of anilines is 1. The summed E-state index contributed by atoms with van der Waals surface area (Å²) in [7, 11) is 0. The van der Waals surface area contributed by atoms with E-state index in [1.807, 2.05) is 31.2 Å². The number of aromatic nitrogens is 3. The highest BCUT2D eigenvalue weighted by Gasteiger charge is 2.24. The number of carbonyl (C=O) groups is 1. The minimum atomic E-state index is -0.0167. The maximum Gasteiger partial charge on any atom is 0.234 e. The summed E-state index contributed by atoms with van der Waals surface area (Å²) in [6.07, 6.45) is 4.97. The molecule has 1 aliphatic carbocycles. The number of rotatable bonds is 6. The van der Waals surface area contributed by atoms with Crippen LogP contribution >= 0.6 is 11.8 Å². The second kappa shape index (κ2) is 7.83. The number of thioether (sulfide) groups is 1. The molecular weight excluding hydrogens is 320 g/mol. The topological polar surface area (TPSA) is 59.8 Å². The van der Waals surface area contributed by atoms with Crippen molar-refractivity contribution in [1.29, 1.82) is 0 Å². The van der Waals surface area contributed by atoms with Crippen LogP contribution in [0.2, 0.25) is 0 Å². The van der Waals surface area contributed by atoms with Gasteiger partial charge in [-0.1, -0.05) is 42.3 Å². The largest absolute Gasteiger partial charge is 0.325 e. The summed E-state index contributed by atoms with van der Waals surface area (Å²) in [6.45, 7) is 4.99. The third-order valence-electron chi connectivity index (χ3n) is 4.45. The number of aryl methyl sites for hydroxylation is 1. The maximum atomic E-state index is 12.1. The van der Waals surface area contributed by atoms with Gasteiger partial charge in [0.25, 0.3) is 0 Å². The van der Waals surface area contributed by atoms with Gasteiger partial charge in [-0.2, -0.15) is 0 Å². The van der Waals surface area contributed by atoms with Crippen LogP contribution in [0.4, 0.5) is 5.69 Å². The predicted molar refractivity (Wildman–Crippen MR) is 97.4 cm³/mol. The van der Waals surface area contributed by atoms with E-state index < -0.39 is 0 Å². The number of benzene rings is 1. The molecule has 1 aromatic heterocycles. The average molecular weight is 344 g/mol. The minimum Gasteiger partial charge on any atom is -0.325 e. The normalized spacial score (nSPS) is 14.9. The van der Waals surface area contributed by atoms with E-state index in [4.69, 9.17) is 0 Å². The fourth-order valence-corrected chi connectivity index (χ4v) is 3.96. The van der Waals surface area contributed by atoms with Gasteiger partial charge in [0.1, 0.15) is 5.82 Å². The van der Waals surface area contributed by atoms with Gasteiger partial charge < -0.3 is 9.88 Å². The van der Waals surface area contributed by atoms with Crippen LogP contribution in [0.15, 0.2) is 29.4 Å². The molecule has 0 saturated heterocycles. The van der Waals surface area contributed by atoms with Crippen LogP contribution < -0.4 is 5.32 Å². The van der Waals surface area contributed by atoms with Crippen molar-refractivity contribution in [2.24, 2.45) is 0 Å². The van der Waals surface area contributed by atoms with E-state index in [0.29, 0.717) is 11.7 Å². The van der Waals surface area contributed by atoms with Crippen LogP contribution in [0.25, 0.3) is 0 Å². The van der Waals surface area contributed by atoms with Gasteiger partial charge in [-0.25, -0.2) is 0 Å². The Bertz CT molecular complexity index is 690. The number of carbonyl (C=O) groups excluding carboxylic acids is 1. The van der Waals surface area contributed by atoms with E-state index in [9.17, 15) is 4.79 Å². The van der Waals surface area contributed by atoms with Gasteiger partial charge in [0.05, 0.1) is 5.75 Å². The lowest BCUT2D eigenvalue weighted by atomic mass is 10.1. The molecule has 128 valence electrons. The minimum absolute atomic E-state index is 0.0167. The molecule has 1 saturated carbocycles. The molecule has 5 nitrogen and oxygen atoms in total. The zero-order chi connectivity index (χ0) is 16.9. The number of amides is 1. The Hall–Kier alpha value is -1.82. The lowest BCUT2D eigenvalue weighted by Crippen LogP contribution is -2.15. The molecule has 1 N–H and O–H groups in total. The molecule has 0 aliphatic heterocycles. The van der Waals surface area contributed by atoms with Crippen LogP contribution in [0, 0.1) is 6.92 Å². The molecule has 6 heteroatoms. The molecule has 1 fully saturated rings. The van der Waals surface area contributed by atoms with Crippen molar-refractivity contribution in [2.75, 3.05) is 11.1 Å². The number of nitrogens with zero attached hydrogens (tertiary/aromatic N) is 3. The van der Waals surface area contributed by atoms with E-state index in [1.165, 1.54) is 43.0 Å². The molecular formula is C18H24N4OS.